The molecule has 0 bridgehead atoms. The quantitative estimate of drug-likeness (QED) is 0.699. The topological polar surface area (TPSA) is 74.7 Å². The van der Waals surface area contributed by atoms with Crippen LogP contribution in [0.25, 0.3) is 0 Å². The monoisotopic (exact) mass is 245 g/mol. The Kier molecular flexibility index (Phi) is 4.12. The summed E-state index contributed by atoms with van der Waals surface area (Å²) in [5.74, 6) is -0.0892. The van der Waals surface area contributed by atoms with Gasteiger partial charge in [-0.3, -0.25) is 4.79 Å². The molecule has 0 fully saturated rings. The van der Waals surface area contributed by atoms with Crippen molar-refractivity contribution in [1.82, 2.24) is 4.31 Å². The lowest BCUT2D eigenvalue weighted by Crippen LogP contribution is -2.43. The first kappa shape index (κ1) is 13.7. The van der Waals surface area contributed by atoms with Crippen LogP contribution in [0.15, 0.2) is 0 Å². The summed E-state index contributed by atoms with van der Waals surface area (Å²) in [4.78, 5) is 10.1. The summed E-state index contributed by atoms with van der Waals surface area (Å²) in [6.45, 7) is -2.28. The molecule has 0 saturated carbocycles. The minimum Gasteiger partial charge on any atom is -0.480 e. The van der Waals surface area contributed by atoms with Crippen molar-refractivity contribution >= 4 is 16.0 Å². The third-order valence-electron chi connectivity index (χ3n) is 1.21. The molecule has 5 nitrogen and oxygen atoms in total. The highest BCUT2D eigenvalue weighted by molar-refractivity contribution is 7.90. The molecule has 0 aliphatic carbocycles. The molecule has 0 atom stereocenters. The molecule has 0 aromatic heterocycles. The Bertz CT molecular complexity index is 380. The van der Waals surface area contributed by atoms with E-state index in [0.717, 1.165) is 0 Å². The molecule has 0 unspecified atom stereocenters. The molecule has 0 aliphatic rings. The van der Waals surface area contributed by atoms with Gasteiger partial charge in [0, 0.05) is 0 Å². The van der Waals surface area contributed by atoms with Gasteiger partial charge in [-0.1, -0.05) is 5.92 Å². The second-order valence-electron chi connectivity index (χ2n) is 2.32. The standard InChI is InChI=1S/C6H6F3NO4S/c1-2-3-10(4-5(11)12)15(13,14)6(7,8)9/h1H,3-4H2,(H,11,12). The van der Waals surface area contributed by atoms with Crippen LogP contribution in [0.2, 0.25) is 0 Å². The molecule has 0 radical (unpaired) electrons. The Labute approximate surface area is 83.5 Å². The van der Waals surface area contributed by atoms with E-state index in [0.29, 0.717) is 0 Å². The van der Waals surface area contributed by atoms with Crippen molar-refractivity contribution in [2.24, 2.45) is 0 Å². The van der Waals surface area contributed by atoms with E-state index in [1.165, 1.54) is 0 Å². The van der Waals surface area contributed by atoms with Gasteiger partial charge in [0.2, 0.25) is 0 Å². The van der Waals surface area contributed by atoms with E-state index >= 15 is 0 Å². The lowest BCUT2D eigenvalue weighted by Gasteiger charge is -2.18. The second-order valence-corrected chi connectivity index (χ2v) is 4.25. The zero-order valence-electron chi connectivity index (χ0n) is 7.15. The van der Waals surface area contributed by atoms with Crippen molar-refractivity contribution in [1.29, 1.82) is 0 Å². The van der Waals surface area contributed by atoms with Crippen molar-refractivity contribution < 1.29 is 31.5 Å². The smallest absolute Gasteiger partial charge is 0.480 e. The summed E-state index contributed by atoms with van der Waals surface area (Å²) in [7, 11) is -5.69. The van der Waals surface area contributed by atoms with Crippen LogP contribution in [-0.4, -0.2) is 42.4 Å². The highest BCUT2D eigenvalue weighted by Gasteiger charge is 2.50. The van der Waals surface area contributed by atoms with E-state index in [1.54, 1.807) is 5.92 Å². The van der Waals surface area contributed by atoms with Gasteiger partial charge in [-0.15, -0.1) is 6.42 Å². The first-order valence-electron chi connectivity index (χ1n) is 3.34. The Morgan fingerprint density at radius 3 is 2.20 bits per heavy atom. The molecular weight excluding hydrogens is 239 g/mol. The molecule has 0 heterocycles. The van der Waals surface area contributed by atoms with E-state index in [4.69, 9.17) is 5.11 Å². The number of halogens is 3. The number of rotatable bonds is 4. The predicted molar refractivity (Wildman–Crippen MR) is 43.0 cm³/mol. The molecule has 9 heteroatoms. The summed E-state index contributed by atoms with van der Waals surface area (Å²) in [5.41, 5.74) is -5.56. The van der Waals surface area contributed by atoms with E-state index in [-0.39, 0.29) is 4.31 Å². The maximum absolute atomic E-state index is 12.0. The number of carbonyl (C=O) groups is 1. The Morgan fingerprint density at radius 1 is 1.47 bits per heavy atom. The fraction of sp³-hybridized carbons (Fsp3) is 0.500. The van der Waals surface area contributed by atoms with Gasteiger partial charge in [0.1, 0.15) is 6.54 Å². The molecule has 0 aromatic rings. The number of aliphatic carboxylic acids is 1. The van der Waals surface area contributed by atoms with E-state index in [9.17, 15) is 26.4 Å². The number of hydrogen-bond acceptors (Lipinski definition) is 3. The minimum atomic E-state index is -5.69. The minimum absolute atomic E-state index is 0.338. The van der Waals surface area contributed by atoms with Crippen LogP contribution in [0.1, 0.15) is 0 Å². The van der Waals surface area contributed by atoms with Crippen molar-refractivity contribution in [3.05, 3.63) is 0 Å². The second kappa shape index (κ2) is 4.50. The van der Waals surface area contributed by atoms with E-state index in [2.05, 4.69) is 6.42 Å². The molecule has 0 spiro atoms. The van der Waals surface area contributed by atoms with Crippen molar-refractivity contribution in [2.75, 3.05) is 13.1 Å². The number of alkyl halides is 3. The van der Waals surface area contributed by atoms with Crippen molar-refractivity contribution in [2.45, 2.75) is 5.51 Å². The molecule has 0 amide bonds. The van der Waals surface area contributed by atoms with Crippen molar-refractivity contribution in [3.8, 4) is 12.3 Å². The number of hydrogen-bond donors (Lipinski definition) is 1. The molecular formula is C6H6F3NO4S. The van der Waals surface area contributed by atoms with Crippen LogP contribution in [0.5, 0.6) is 0 Å². The normalized spacial score (nSPS) is 12.5. The molecule has 0 aliphatic heterocycles. The molecule has 0 rings (SSSR count). The molecule has 1 N–H and O–H groups in total. The Balaban J connectivity index is 5.11. The van der Waals surface area contributed by atoms with Gasteiger partial charge >= 0.3 is 21.5 Å². The number of carboxylic acids is 1. The summed E-state index contributed by atoms with van der Waals surface area (Å²) in [6, 6.07) is 0. The van der Waals surface area contributed by atoms with Gasteiger partial charge in [0.05, 0.1) is 6.54 Å². The van der Waals surface area contributed by atoms with Crippen LogP contribution in [0.3, 0.4) is 0 Å². The van der Waals surface area contributed by atoms with Crippen LogP contribution >= 0.6 is 0 Å². The maximum Gasteiger partial charge on any atom is 0.511 e. The maximum atomic E-state index is 12.0. The van der Waals surface area contributed by atoms with Gasteiger partial charge in [-0.05, 0) is 0 Å². The van der Waals surface area contributed by atoms with Crippen LogP contribution in [-0.2, 0) is 14.8 Å². The van der Waals surface area contributed by atoms with Gasteiger partial charge in [0.25, 0.3) is 0 Å². The number of sulfonamides is 1. The average molecular weight is 245 g/mol. The van der Waals surface area contributed by atoms with Gasteiger partial charge in [-0.2, -0.15) is 17.5 Å². The lowest BCUT2D eigenvalue weighted by molar-refractivity contribution is -0.137. The van der Waals surface area contributed by atoms with Crippen LogP contribution < -0.4 is 0 Å². The Morgan fingerprint density at radius 2 is 1.93 bits per heavy atom. The fourth-order valence-electron chi connectivity index (χ4n) is 0.625. The zero-order valence-corrected chi connectivity index (χ0v) is 7.97. The summed E-state index contributed by atoms with van der Waals surface area (Å²) >= 11 is 0. The van der Waals surface area contributed by atoms with E-state index < -0.39 is 34.6 Å². The van der Waals surface area contributed by atoms with E-state index in [1.807, 2.05) is 0 Å². The molecule has 0 aromatic carbocycles. The molecule has 86 valence electrons. The number of terminal acetylenes is 1. The van der Waals surface area contributed by atoms with Gasteiger partial charge in [0.15, 0.2) is 0 Å². The average Bonchev–Trinajstić information content (AvgIpc) is 2.00. The highest BCUT2D eigenvalue weighted by Crippen LogP contribution is 2.26. The number of nitrogens with zero attached hydrogens (tertiary/aromatic N) is 1. The third-order valence-corrected chi connectivity index (χ3v) is 2.73. The van der Waals surface area contributed by atoms with Gasteiger partial charge < -0.3 is 5.11 Å². The highest BCUT2D eigenvalue weighted by atomic mass is 32.2. The first-order chi connectivity index (χ1) is 6.63. The summed E-state index contributed by atoms with van der Waals surface area (Å²) < 4.78 is 57.0. The SMILES string of the molecule is C#CCN(CC(=O)O)S(=O)(=O)C(F)(F)F. The fourth-order valence-corrected chi connectivity index (χ4v) is 1.44. The zero-order chi connectivity index (χ0) is 12.3. The lowest BCUT2D eigenvalue weighted by atomic mass is 10.6. The van der Waals surface area contributed by atoms with Crippen LogP contribution in [0.4, 0.5) is 13.2 Å². The van der Waals surface area contributed by atoms with Crippen LogP contribution in [0, 0.1) is 12.3 Å². The Hall–Kier alpha value is -1.27. The van der Waals surface area contributed by atoms with Crippen molar-refractivity contribution in [3.63, 3.8) is 0 Å². The van der Waals surface area contributed by atoms with Gasteiger partial charge in [-0.25, -0.2) is 8.42 Å². The largest absolute Gasteiger partial charge is 0.511 e. The summed E-state index contributed by atoms with van der Waals surface area (Å²) in [6.07, 6.45) is 4.63. The predicted octanol–water partition coefficient (Wildman–Crippen LogP) is -0.144. The number of carboxylic acid groups (broad SMARTS) is 1. The first-order valence-corrected chi connectivity index (χ1v) is 4.78. The molecule has 15 heavy (non-hydrogen) atoms. The summed E-state index contributed by atoms with van der Waals surface area (Å²) in [5, 5.41) is 8.20. The third kappa shape index (κ3) is 3.41. The molecule has 0 saturated heterocycles.